The molecule has 33 heavy (non-hydrogen) atoms. The molecule has 1 aliphatic heterocycles. The minimum absolute atomic E-state index is 0.0142. The first-order valence-corrected chi connectivity index (χ1v) is 12.4. The summed E-state index contributed by atoms with van der Waals surface area (Å²) in [5.41, 5.74) is 0.946. The van der Waals surface area contributed by atoms with Crippen molar-refractivity contribution < 1.29 is 17.6 Å². The second-order valence-corrected chi connectivity index (χ2v) is 10.6. The van der Waals surface area contributed by atoms with Gasteiger partial charge in [-0.1, -0.05) is 29.8 Å². The second-order valence-electron chi connectivity index (χ2n) is 8.46. The molecule has 0 radical (unpaired) electrons. The number of halogens is 2. The number of hydrogen-bond acceptors (Lipinski definition) is 4. The first-order chi connectivity index (χ1) is 15.6. The van der Waals surface area contributed by atoms with Gasteiger partial charge in [0.15, 0.2) is 0 Å². The third kappa shape index (κ3) is 4.75. The first kappa shape index (κ1) is 23.6. The van der Waals surface area contributed by atoms with Crippen molar-refractivity contribution in [2.45, 2.75) is 30.3 Å². The molecule has 0 aliphatic carbocycles. The molecule has 1 fully saturated rings. The fraction of sp³-hybridized carbons (Fsp3) is 0.292. The molecule has 9 heteroatoms. The predicted octanol–water partition coefficient (Wildman–Crippen LogP) is 4.34. The Bertz CT molecular complexity index is 1330. The monoisotopic (exact) mass is 489 g/mol. The van der Waals surface area contributed by atoms with E-state index in [0.717, 1.165) is 16.3 Å². The number of anilines is 1. The van der Waals surface area contributed by atoms with Crippen LogP contribution in [-0.4, -0.2) is 45.9 Å². The van der Waals surface area contributed by atoms with Crippen LogP contribution in [0.3, 0.4) is 0 Å². The van der Waals surface area contributed by atoms with E-state index in [1.54, 1.807) is 36.4 Å². The van der Waals surface area contributed by atoms with Crippen LogP contribution in [0, 0.1) is 5.82 Å². The van der Waals surface area contributed by atoms with E-state index in [1.807, 2.05) is 25.9 Å². The number of carbonyl (C=O) groups is 1. The topological polar surface area (TPSA) is 69.7 Å². The molecule has 174 valence electrons. The van der Waals surface area contributed by atoms with E-state index in [-0.39, 0.29) is 29.6 Å². The van der Waals surface area contributed by atoms with Gasteiger partial charge < -0.3 is 9.80 Å². The maximum atomic E-state index is 14.8. The van der Waals surface area contributed by atoms with Crippen molar-refractivity contribution in [2.75, 3.05) is 25.5 Å². The van der Waals surface area contributed by atoms with E-state index < -0.39 is 27.8 Å². The zero-order valence-electron chi connectivity index (χ0n) is 18.5. The Kier molecular flexibility index (Phi) is 6.46. The lowest BCUT2D eigenvalue weighted by atomic mass is 10.1. The van der Waals surface area contributed by atoms with E-state index in [4.69, 9.17) is 11.6 Å². The molecule has 6 nitrogen and oxygen atoms in total. The Morgan fingerprint density at radius 1 is 1.09 bits per heavy atom. The van der Waals surface area contributed by atoms with Gasteiger partial charge in [0.25, 0.3) is 0 Å². The van der Waals surface area contributed by atoms with Crippen LogP contribution < -0.4 is 9.62 Å². The minimum atomic E-state index is -3.95. The fourth-order valence-corrected chi connectivity index (χ4v) is 5.38. The molecule has 3 aromatic carbocycles. The Hall–Kier alpha value is -2.52. The first-order valence-electron chi connectivity index (χ1n) is 10.6. The van der Waals surface area contributed by atoms with Crippen LogP contribution in [0.4, 0.5) is 10.1 Å². The highest BCUT2D eigenvalue weighted by atomic mass is 35.5. The highest BCUT2D eigenvalue weighted by Crippen LogP contribution is 2.29. The summed E-state index contributed by atoms with van der Waals surface area (Å²) in [7, 11) is -0.142. The number of sulfonamides is 1. The lowest BCUT2D eigenvalue weighted by Gasteiger charge is -2.22. The van der Waals surface area contributed by atoms with Crippen molar-refractivity contribution in [3.8, 4) is 0 Å². The standard InChI is InChI=1S/C24H25ClFN3O3S/c1-15(28(2)3)16-6-9-23(21(26)14-16)29-11-10-22(24(29)30)27-33(31,32)20-8-5-17-12-19(25)7-4-18(17)13-20/h4-9,12-15,22,27H,10-11H2,1-3H3/t15-,22-/m0/s1. The molecule has 0 unspecified atom stereocenters. The lowest BCUT2D eigenvalue weighted by molar-refractivity contribution is -0.118. The quantitative estimate of drug-likeness (QED) is 0.559. The smallest absolute Gasteiger partial charge is 0.245 e. The summed E-state index contributed by atoms with van der Waals surface area (Å²) in [5, 5.41) is 2.09. The van der Waals surface area contributed by atoms with Crippen LogP contribution in [-0.2, 0) is 14.8 Å². The fourth-order valence-electron chi connectivity index (χ4n) is 3.95. The average Bonchev–Trinajstić information content (AvgIpc) is 3.11. The zero-order chi connectivity index (χ0) is 23.9. The number of benzene rings is 3. The van der Waals surface area contributed by atoms with Crippen molar-refractivity contribution in [3.63, 3.8) is 0 Å². The Labute approximate surface area is 198 Å². The molecule has 2 atom stereocenters. The van der Waals surface area contributed by atoms with Crippen molar-refractivity contribution in [3.05, 3.63) is 71.0 Å². The molecule has 1 amide bonds. The van der Waals surface area contributed by atoms with Gasteiger partial charge >= 0.3 is 0 Å². The average molecular weight is 490 g/mol. The van der Waals surface area contributed by atoms with Gasteiger partial charge in [0.2, 0.25) is 15.9 Å². The van der Waals surface area contributed by atoms with E-state index in [2.05, 4.69) is 4.72 Å². The summed E-state index contributed by atoms with van der Waals surface area (Å²) in [5.74, 6) is -0.982. The molecule has 0 bridgehead atoms. The SMILES string of the molecule is C[C@@H](c1ccc(N2CC[C@H](NS(=O)(=O)c3ccc4cc(Cl)ccc4c3)C2=O)c(F)c1)N(C)C. The van der Waals surface area contributed by atoms with Gasteiger partial charge in [-0.15, -0.1) is 0 Å². The third-order valence-corrected chi connectivity index (χ3v) is 7.81. The van der Waals surface area contributed by atoms with E-state index >= 15 is 0 Å². The third-order valence-electron chi connectivity index (χ3n) is 6.11. The molecular weight excluding hydrogens is 465 g/mol. The Balaban J connectivity index is 1.53. The molecule has 0 aromatic heterocycles. The summed E-state index contributed by atoms with van der Waals surface area (Å²) in [6, 6.07) is 13.7. The number of nitrogens with zero attached hydrogens (tertiary/aromatic N) is 2. The van der Waals surface area contributed by atoms with Crippen molar-refractivity contribution >= 4 is 44.0 Å². The summed E-state index contributed by atoms with van der Waals surface area (Å²) in [6.07, 6.45) is 0.247. The molecule has 1 N–H and O–H groups in total. The molecule has 1 aliphatic rings. The van der Waals surface area contributed by atoms with Gasteiger partial charge in [-0.05, 0) is 80.2 Å². The van der Waals surface area contributed by atoms with Gasteiger partial charge in [-0.25, -0.2) is 12.8 Å². The number of hydrogen-bond donors (Lipinski definition) is 1. The zero-order valence-corrected chi connectivity index (χ0v) is 20.1. The molecule has 0 spiro atoms. The highest BCUT2D eigenvalue weighted by molar-refractivity contribution is 7.89. The van der Waals surface area contributed by atoms with Crippen LogP contribution in [0.5, 0.6) is 0 Å². The minimum Gasteiger partial charge on any atom is -0.308 e. The second kappa shape index (κ2) is 9.02. The van der Waals surface area contributed by atoms with Gasteiger partial charge in [-0.3, -0.25) is 4.79 Å². The van der Waals surface area contributed by atoms with Crippen molar-refractivity contribution in [1.29, 1.82) is 0 Å². The Morgan fingerprint density at radius 3 is 2.48 bits per heavy atom. The van der Waals surface area contributed by atoms with E-state index in [0.29, 0.717) is 5.02 Å². The Morgan fingerprint density at radius 2 is 1.79 bits per heavy atom. The van der Waals surface area contributed by atoms with Gasteiger partial charge in [0.05, 0.1) is 10.6 Å². The van der Waals surface area contributed by atoms with Crippen LogP contribution in [0.1, 0.15) is 24.9 Å². The molecular formula is C24H25ClFN3O3S. The summed E-state index contributed by atoms with van der Waals surface area (Å²) in [4.78, 5) is 16.3. The predicted molar refractivity (Wildman–Crippen MR) is 129 cm³/mol. The number of carbonyl (C=O) groups excluding carboxylic acids is 1. The van der Waals surface area contributed by atoms with Gasteiger partial charge in [0.1, 0.15) is 11.9 Å². The lowest BCUT2D eigenvalue weighted by Crippen LogP contribution is -2.41. The van der Waals surface area contributed by atoms with E-state index in [1.165, 1.54) is 23.1 Å². The molecule has 0 saturated carbocycles. The van der Waals surface area contributed by atoms with Crippen LogP contribution in [0.25, 0.3) is 10.8 Å². The molecule has 4 rings (SSSR count). The van der Waals surface area contributed by atoms with Crippen molar-refractivity contribution in [2.24, 2.45) is 0 Å². The maximum Gasteiger partial charge on any atom is 0.245 e. The van der Waals surface area contributed by atoms with Crippen LogP contribution in [0.15, 0.2) is 59.5 Å². The molecule has 1 heterocycles. The van der Waals surface area contributed by atoms with Gasteiger partial charge in [-0.2, -0.15) is 4.72 Å². The number of rotatable bonds is 6. The number of nitrogens with one attached hydrogen (secondary N) is 1. The number of fused-ring (bicyclic) bond motifs is 1. The van der Waals surface area contributed by atoms with Crippen molar-refractivity contribution in [1.82, 2.24) is 9.62 Å². The number of amides is 1. The largest absolute Gasteiger partial charge is 0.308 e. The summed E-state index contributed by atoms with van der Waals surface area (Å²) in [6.45, 7) is 2.18. The maximum absolute atomic E-state index is 14.8. The molecule has 1 saturated heterocycles. The summed E-state index contributed by atoms with van der Waals surface area (Å²) < 4.78 is 43.2. The van der Waals surface area contributed by atoms with Crippen LogP contribution in [0.2, 0.25) is 5.02 Å². The normalized spacial score (nSPS) is 17.8. The van der Waals surface area contributed by atoms with Gasteiger partial charge in [0, 0.05) is 17.6 Å². The highest BCUT2D eigenvalue weighted by Gasteiger charge is 2.36. The van der Waals surface area contributed by atoms with E-state index in [9.17, 15) is 17.6 Å². The molecule has 3 aromatic rings. The van der Waals surface area contributed by atoms with Crippen LogP contribution >= 0.6 is 11.6 Å². The summed E-state index contributed by atoms with van der Waals surface area (Å²) >= 11 is 5.99.